The van der Waals surface area contributed by atoms with Crippen LogP contribution in [-0.2, 0) is 9.47 Å². The van der Waals surface area contributed by atoms with Gasteiger partial charge in [0, 0.05) is 0 Å². The highest BCUT2D eigenvalue weighted by molar-refractivity contribution is 6.67. The Bertz CT molecular complexity index is 159. The number of rotatable bonds is 6. The van der Waals surface area contributed by atoms with Crippen molar-refractivity contribution in [2.75, 3.05) is 0 Å². The fourth-order valence-corrected chi connectivity index (χ4v) is 1.11. The number of hydrogen-bond acceptors (Lipinski definition) is 2. The molecule has 0 aliphatic rings. The summed E-state index contributed by atoms with van der Waals surface area (Å²) in [6, 6.07) is 0. The van der Waals surface area contributed by atoms with E-state index in [1.807, 2.05) is 27.7 Å². The van der Waals surface area contributed by atoms with Crippen LogP contribution in [0.4, 0.5) is 0 Å². The van der Waals surface area contributed by atoms with Gasteiger partial charge in [0.2, 0.25) is 10.1 Å². The van der Waals surface area contributed by atoms with E-state index in [-0.39, 0.29) is 12.2 Å². The predicted molar refractivity (Wildman–Crippen MR) is 65.8 cm³/mol. The first kappa shape index (κ1) is 15.8. The molecule has 5 heteroatoms. The van der Waals surface area contributed by atoms with Crippen LogP contribution in [0.2, 0.25) is 0 Å². The normalized spacial score (nSPS) is 18.6. The van der Waals surface area contributed by atoms with Crippen molar-refractivity contribution in [3.63, 3.8) is 0 Å². The average molecular weight is 278 g/mol. The lowest BCUT2D eigenvalue weighted by molar-refractivity contribution is -0.185. The third kappa shape index (κ3) is 6.85. The Morgan fingerprint density at radius 3 is 1.47 bits per heavy atom. The molecule has 0 N–H and O–H groups in total. The molecule has 0 aliphatic carbocycles. The molecule has 0 saturated carbocycles. The Hall–Kier alpha value is 0.790. The SMILES string of the molecule is CCC(C)OC(OC(C)CC)C(Cl)(Cl)Cl. The van der Waals surface area contributed by atoms with Gasteiger partial charge in [0.05, 0.1) is 12.2 Å². The molecule has 0 aliphatic heterocycles. The summed E-state index contributed by atoms with van der Waals surface area (Å²) in [5.74, 6) is 0. The van der Waals surface area contributed by atoms with Crippen molar-refractivity contribution in [3.8, 4) is 0 Å². The van der Waals surface area contributed by atoms with Crippen LogP contribution in [-0.4, -0.2) is 22.3 Å². The highest BCUT2D eigenvalue weighted by atomic mass is 35.6. The van der Waals surface area contributed by atoms with Crippen LogP contribution >= 0.6 is 34.8 Å². The molecule has 0 aromatic rings. The fraction of sp³-hybridized carbons (Fsp3) is 1.00. The smallest absolute Gasteiger partial charge is 0.240 e. The highest BCUT2D eigenvalue weighted by Crippen LogP contribution is 2.34. The third-order valence-electron chi connectivity index (χ3n) is 2.13. The van der Waals surface area contributed by atoms with Gasteiger partial charge in [-0.25, -0.2) is 0 Å². The maximum Gasteiger partial charge on any atom is 0.240 e. The summed E-state index contributed by atoms with van der Waals surface area (Å²) in [6.45, 7) is 7.85. The van der Waals surface area contributed by atoms with E-state index in [1.54, 1.807) is 0 Å². The van der Waals surface area contributed by atoms with E-state index in [9.17, 15) is 0 Å². The van der Waals surface area contributed by atoms with Gasteiger partial charge >= 0.3 is 0 Å². The number of alkyl halides is 3. The standard InChI is InChI=1S/C10H19Cl3O2/c1-5-7(3)14-9(10(11,12)13)15-8(4)6-2/h7-9H,5-6H2,1-4H3. The van der Waals surface area contributed by atoms with Gasteiger partial charge in [-0.2, -0.15) is 0 Å². The van der Waals surface area contributed by atoms with Crippen LogP contribution in [0.25, 0.3) is 0 Å². The highest BCUT2D eigenvalue weighted by Gasteiger charge is 2.36. The minimum atomic E-state index is -1.55. The molecule has 0 bridgehead atoms. The zero-order valence-electron chi connectivity index (χ0n) is 9.60. The molecule has 0 saturated heterocycles. The van der Waals surface area contributed by atoms with E-state index in [2.05, 4.69) is 0 Å². The first-order chi connectivity index (χ1) is 6.81. The molecule has 0 heterocycles. The summed E-state index contributed by atoms with van der Waals surface area (Å²) in [5, 5.41) is 0. The monoisotopic (exact) mass is 276 g/mol. The van der Waals surface area contributed by atoms with E-state index in [4.69, 9.17) is 44.3 Å². The molecule has 0 aromatic carbocycles. The van der Waals surface area contributed by atoms with Gasteiger partial charge in [-0.3, -0.25) is 0 Å². The first-order valence-electron chi connectivity index (χ1n) is 5.18. The minimum absolute atomic E-state index is 0.00896. The van der Waals surface area contributed by atoms with Gasteiger partial charge in [0.25, 0.3) is 0 Å². The van der Waals surface area contributed by atoms with Crippen molar-refractivity contribution < 1.29 is 9.47 Å². The summed E-state index contributed by atoms with van der Waals surface area (Å²) in [5.41, 5.74) is 0. The van der Waals surface area contributed by atoms with E-state index in [1.165, 1.54) is 0 Å². The predicted octanol–water partition coefficient (Wildman–Crippen LogP) is 4.31. The molecule has 0 rings (SSSR count). The van der Waals surface area contributed by atoms with Crippen molar-refractivity contribution in [3.05, 3.63) is 0 Å². The van der Waals surface area contributed by atoms with Gasteiger partial charge in [-0.05, 0) is 26.7 Å². The molecule has 0 fully saturated rings. The maximum atomic E-state index is 5.78. The zero-order chi connectivity index (χ0) is 12.1. The second-order valence-corrected chi connectivity index (χ2v) is 5.95. The van der Waals surface area contributed by atoms with Crippen LogP contribution in [0.1, 0.15) is 40.5 Å². The lowest BCUT2D eigenvalue weighted by Gasteiger charge is -2.29. The van der Waals surface area contributed by atoms with E-state index >= 15 is 0 Å². The Morgan fingerprint density at radius 2 is 1.27 bits per heavy atom. The van der Waals surface area contributed by atoms with Crippen LogP contribution in [0, 0.1) is 0 Å². The Balaban J connectivity index is 4.32. The van der Waals surface area contributed by atoms with Gasteiger partial charge in [-0.15, -0.1) is 0 Å². The molecule has 15 heavy (non-hydrogen) atoms. The summed E-state index contributed by atoms with van der Waals surface area (Å²) in [7, 11) is 0. The van der Waals surface area contributed by atoms with Crippen molar-refractivity contribution in [2.45, 2.75) is 62.8 Å². The molecular formula is C10H19Cl3O2. The number of hydrogen-bond donors (Lipinski definition) is 0. The molecule has 2 nitrogen and oxygen atoms in total. The van der Waals surface area contributed by atoms with Crippen molar-refractivity contribution in [2.24, 2.45) is 0 Å². The Kier molecular flexibility index (Phi) is 7.56. The van der Waals surface area contributed by atoms with Crippen molar-refractivity contribution >= 4 is 34.8 Å². The molecule has 2 unspecified atom stereocenters. The largest absolute Gasteiger partial charge is 0.346 e. The van der Waals surface area contributed by atoms with Crippen LogP contribution in [0.3, 0.4) is 0 Å². The molecular weight excluding hydrogens is 258 g/mol. The molecule has 2 atom stereocenters. The minimum Gasteiger partial charge on any atom is -0.346 e. The summed E-state index contributed by atoms with van der Waals surface area (Å²) in [6.07, 6.45) is 0.902. The summed E-state index contributed by atoms with van der Waals surface area (Å²) < 4.78 is 9.49. The quantitative estimate of drug-likeness (QED) is 0.532. The summed E-state index contributed by atoms with van der Waals surface area (Å²) >= 11 is 17.3. The van der Waals surface area contributed by atoms with Crippen LogP contribution < -0.4 is 0 Å². The second kappa shape index (κ2) is 7.18. The molecule has 0 aromatic heterocycles. The number of ether oxygens (including phenoxy) is 2. The van der Waals surface area contributed by atoms with Gasteiger partial charge < -0.3 is 9.47 Å². The topological polar surface area (TPSA) is 18.5 Å². The van der Waals surface area contributed by atoms with Gasteiger partial charge in [0.15, 0.2) is 0 Å². The van der Waals surface area contributed by atoms with E-state index in [0.717, 1.165) is 12.8 Å². The third-order valence-corrected chi connectivity index (χ3v) is 2.66. The van der Waals surface area contributed by atoms with Crippen LogP contribution in [0.15, 0.2) is 0 Å². The maximum absolute atomic E-state index is 5.78. The lowest BCUT2D eigenvalue weighted by atomic mass is 10.3. The average Bonchev–Trinajstić information content (AvgIpc) is 2.14. The molecule has 0 spiro atoms. The van der Waals surface area contributed by atoms with E-state index in [0.29, 0.717) is 0 Å². The second-order valence-electron chi connectivity index (χ2n) is 3.58. The van der Waals surface area contributed by atoms with E-state index < -0.39 is 10.1 Å². The summed E-state index contributed by atoms with van der Waals surface area (Å²) in [4.78, 5) is 0. The van der Waals surface area contributed by atoms with Gasteiger partial charge in [-0.1, -0.05) is 48.7 Å². The number of halogens is 3. The van der Waals surface area contributed by atoms with Crippen LogP contribution in [0.5, 0.6) is 0 Å². The van der Waals surface area contributed by atoms with Gasteiger partial charge in [0.1, 0.15) is 0 Å². The van der Waals surface area contributed by atoms with Crippen molar-refractivity contribution in [1.29, 1.82) is 0 Å². The zero-order valence-corrected chi connectivity index (χ0v) is 11.9. The lowest BCUT2D eigenvalue weighted by Crippen LogP contribution is -2.37. The molecule has 0 amide bonds. The van der Waals surface area contributed by atoms with Crippen molar-refractivity contribution in [1.82, 2.24) is 0 Å². The first-order valence-corrected chi connectivity index (χ1v) is 6.32. The fourth-order valence-electron chi connectivity index (χ4n) is 0.801. The molecule has 0 radical (unpaired) electrons. The molecule has 92 valence electrons. The Morgan fingerprint density at radius 1 is 0.933 bits per heavy atom. The Labute approximate surface area is 107 Å².